The molecule has 0 bridgehead atoms. The Morgan fingerprint density at radius 1 is 1.55 bits per heavy atom. The minimum atomic E-state index is -0.966. The van der Waals surface area contributed by atoms with Gasteiger partial charge in [-0.1, -0.05) is 0 Å². The third kappa shape index (κ3) is 3.44. The monoisotopic (exact) mass is 283 g/mol. The first-order chi connectivity index (χ1) is 9.58. The van der Waals surface area contributed by atoms with E-state index in [0.717, 1.165) is 5.82 Å². The molecule has 1 fully saturated rings. The lowest BCUT2D eigenvalue weighted by molar-refractivity contribution is -0.142. The zero-order chi connectivity index (χ0) is 14.5. The van der Waals surface area contributed by atoms with E-state index >= 15 is 0 Å². The number of carbonyl (C=O) groups excluding carboxylic acids is 1. The van der Waals surface area contributed by atoms with Crippen molar-refractivity contribution >= 4 is 12.0 Å². The standard InChI is InChI=1S/C11H17N5O4/c1-16-6-13-15-9(16)2-3-12-11(19)14-8-5-20-4-7(8)10(17)18/h6-8H,2-5H2,1H3,(H,17,18)(H2,12,14,19). The number of amides is 2. The maximum atomic E-state index is 11.7. The predicted octanol–water partition coefficient (Wildman–Crippen LogP) is -1.24. The number of carbonyl (C=O) groups is 2. The van der Waals surface area contributed by atoms with Gasteiger partial charge < -0.3 is 25.0 Å². The highest BCUT2D eigenvalue weighted by Gasteiger charge is 2.34. The molecule has 0 spiro atoms. The van der Waals surface area contributed by atoms with Crippen LogP contribution in [0.4, 0.5) is 4.79 Å². The molecule has 0 aromatic carbocycles. The van der Waals surface area contributed by atoms with Gasteiger partial charge in [-0.25, -0.2) is 4.79 Å². The Balaban J connectivity index is 1.73. The van der Waals surface area contributed by atoms with Crippen LogP contribution in [0, 0.1) is 5.92 Å². The number of hydrogen-bond acceptors (Lipinski definition) is 5. The van der Waals surface area contributed by atoms with Crippen LogP contribution in [0.25, 0.3) is 0 Å². The van der Waals surface area contributed by atoms with Gasteiger partial charge in [0.25, 0.3) is 0 Å². The lowest BCUT2D eigenvalue weighted by atomic mass is 10.0. The first-order valence-electron chi connectivity index (χ1n) is 6.25. The minimum absolute atomic E-state index is 0.124. The van der Waals surface area contributed by atoms with E-state index in [1.54, 1.807) is 10.9 Å². The Hall–Kier alpha value is -2.16. The summed E-state index contributed by atoms with van der Waals surface area (Å²) in [6.07, 6.45) is 2.14. The fourth-order valence-electron chi connectivity index (χ4n) is 1.98. The number of nitrogens with one attached hydrogen (secondary N) is 2. The molecule has 0 saturated carbocycles. The molecule has 1 saturated heterocycles. The Kier molecular flexibility index (Phi) is 4.51. The van der Waals surface area contributed by atoms with Gasteiger partial charge in [-0.15, -0.1) is 10.2 Å². The molecule has 2 amide bonds. The second kappa shape index (κ2) is 6.33. The smallest absolute Gasteiger partial charge is 0.315 e. The Morgan fingerprint density at radius 3 is 3.00 bits per heavy atom. The van der Waals surface area contributed by atoms with Gasteiger partial charge in [-0.05, 0) is 0 Å². The van der Waals surface area contributed by atoms with Crippen molar-refractivity contribution in [2.75, 3.05) is 19.8 Å². The van der Waals surface area contributed by atoms with Gasteiger partial charge >= 0.3 is 12.0 Å². The summed E-state index contributed by atoms with van der Waals surface area (Å²) < 4.78 is 6.83. The van der Waals surface area contributed by atoms with E-state index in [-0.39, 0.29) is 13.2 Å². The minimum Gasteiger partial charge on any atom is -0.481 e. The number of aliphatic carboxylic acids is 1. The summed E-state index contributed by atoms with van der Waals surface area (Å²) in [5, 5.41) is 21.8. The number of hydrogen-bond donors (Lipinski definition) is 3. The summed E-state index contributed by atoms with van der Waals surface area (Å²) in [5.74, 6) is -0.899. The van der Waals surface area contributed by atoms with E-state index < -0.39 is 24.0 Å². The molecule has 9 nitrogen and oxygen atoms in total. The SMILES string of the molecule is Cn1cnnc1CCNC(=O)NC1COCC1C(=O)O. The van der Waals surface area contributed by atoms with Crippen LogP contribution in [0.3, 0.4) is 0 Å². The van der Waals surface area contributed by atoms with Crippen molar-refractivity contribution in [1.82, 2.24) is 25.4 Å². The summed E-state index contributed by atoms with van der Waals surface area (Å²) >= 11 is 0. The molecule has 1 aliphatic heterocycles. The molecule has 9 heteroatoms. The number of aromatic nitrogens is 3. The Labute approximate surface area is 115 Å². The van der Waals surface area contributed by atoms with E-state index in [0.29, 0.717) is 13.0 Å². The molecule has 0 radical (unpaired) electrons. The van der Waals surface area contributed by atoms with Crippen molar-refractivity contribution in [2.24, 2.45) is 13.0 Å². The third-order valence-corrected chi connectivity index (χ3v) is 3.15. The summed E-state index contributed by atoms with van der Waals surface area (Å²) in [7, 11) is 1.82. The number of ether oxygens (including phenoxy) is 1. The van der Waals surface area contributed by atoms with E-state index in [9.17, 15) is 9.59 Å². The van der Waals surface area contributed by atoms with Crippen LogP contribution in [0.15, 0.2) is 6.33 Å². The van der Waals surface area contributed by atoms with Crippen LogP contribution in [-0.4, -0.2) is 57.7 Å². The van der Waals surface area contributed by atoms with Crippen molar-refractivity contribution < 1.29 is 19.4 Å². The largest absolute Gasteiger partial charge is 0.481 e. The van der Waals surface area contributed by atoms with Crippen LogP contribution in [0.1, 0.15) is 5.82 Å². The maximum absolute atomic E-state index is 11.7. The van der Waals surface area contributed by atoms with Crippen LogP contribution in [-0.2, 0) is 23.0 Å². The molecular formula is C11H17N5O4. The van der Waals surface area contributed by atoms with E-state index in [4.69, 9.17) is 9.84 Å². The lowest BCUT2D eigenvalue weighted by Gasteiger charge is -2.16. The quantitative estimate of drug-likeness (QED) is 0.622. The molecule has 3 N–H and O–H groups in total. The third-order valence-electron chi connectivity index (χ3n) is 3.15. The molecule has 1 aliphatic rings. The molecule has 0 aliphatic carbocycles. The lowest BCUT2D eigenvalue weighted by Crippen LogP contribution is -2.47. The zero-order valence-electron chi connectivity index (χ0n) is 11.1. The average Bonchev–Trinajstić information content (AvgIpc) is 2.99. The zero-order valence-corrected chi connectivity index (χ0v) is 11.1. The maximum Gasteiger partial charge on any atom is 0.315 e. The number of carboxylic acid groups (broad SMARTS) is 1. The van der Waals surface area contributed by atoms with Crippen LogP contribution in [0.2, 0.25) is 0 Å². The highest BCUT2D eigenvalue weighted by atomic mass is 16.5. The summed E-state index contributed by atoms with van der Waals surface area (Å²) in [6, 6.07) is -0.906. The second-order valence-corrected chi connectivity index (χ2v) is 4.60. The number of carboxylic acids is 1. The first-order valence-corrected chi connectivity index (χ1v) is 6.25. The topological polar surface area (TPSA) is 118 Å². The Bertz CT molecular complexity index is 489. The first kappa shape index (κ1) is 14.3. The van der Waals surface area contributed by atoms with Gasteiger partial charge in [0, 0.05) is 20.0 Å². The molecular weight excluding hydrogens is 266 g/mol. The number of urea groups is 1. The van der Waals surface area contributed by atoms with Crippen LogP contribution >= 0.6 is 0 Å². The van der Waals surface area contributed by atoms with Crippen molar-refractivity contribution in [2.45, 2.75) is 12.5 Å². The molecule has 2 heterocycles. The van der Waals surface area contributed by atoms with Gasteiger partial charge in [-0.2, -0.15) is 0 Å². The van der Waals surface area contributed by atoms with Gasteiger partial charge in [0.05, 0.1) is 19.3 Å². The highest BCUT2D eigenvalue weighted by molar-refractivity contribution is 5.77. The van der Waals surface area contributed by atoms with E-state index in [1.807, 2.05) is 7.05 Å². The molecule has 2 atom stereocenters. The van der Waals surface area contributed by atoms with E-state index in [2.05, 4.69) is 20.8 Å². The predicted molar refractivity (Wildman–Crippen MR) is 67.0 cm³/mol. The summed E-state index contributed by atoms with van der Waals surface area (Å²) in [6.45, 7) is 0.733. The van der Waals surface area contributed by atoms with Crippen molar-refractivity contribution in [3.8, 4) is 0 Å². The molecule has 1 aromatic rings. The summed E-state index contributed by atoms with van der Waals surface area (Å²) in [5.41, 5.74) is 0. The van der Waals surface area contributed by atoms with Crippen molar-refractivity contribution in [3.63, 3.8) is 0 Å². The average molecular weight is 283 g/mol. The number of nitrogens with zero attached hydrogens (tertiary/aromatic N) is 3. The van der Waals surface area contributed by atoms with Gasteiger partial charge in [0.2, 0.25) is 0 Å². The van der Waals surface area contributed by atoms with Crippen molar-refractivity contribution in [3.05, 3.63) is 12.2 Å². The number of rotatable bonds is 5. The van der Waals surface area contributed by atoms with Crippen LogP contribution in [0.5, 0.6) is 0 Å². The van der Waals surface area contributed by atoms with Crippen LogP contribution < -0.4 is 10.6 Å². The normalized spacial score (nSPS) is 21.6. The van der Waals surface area contributed by atoms with Gasteiger partial charge in [0.15, 0.2) is 0 Å². The van der Waals surface area contributed by atoms with Gasteiger partial charge in [-0.3, -0.25) is 4.79 Å². The van der Waals surface area contributed by atoms with Crippen molar-refractivity contribution in [1.29, 1.82) is 0 Å². The highest BCUT2D eigenvalue weighted by Crippen LogP contribution is 2.13. The molecule has 20 heavy (non-hydrogen) atoms. The van der Waals surface area contributed by atoms with E-state index in [1.165, 1.54) is 0 Å². The molecule has 2 rings (SSSR count). The number of aryl methyl sites for hydroxylation is 1. The van der Waals surface area contributed by atoms with Gasteiger partial charge in [0.1, 0.15) is 18.1 Å². The second-order valence-electron chi connectivity index (χ2n) is 4.60. The summed E-state index contributed by atoms with van der Waals surface area (Å²) in [4.78, 5) is 22.6. The fourth-order valence-corrected chi connectivity index (χ4v) is 1.98. The molecule has 1 aromatic heterocycles. The molecule has 110 valence electrons. The Morgan fingerprint density at radius 2 is 2.35 bits per heavy atom. The fraction of sp³-hybridized carbons (Fsp3) is 0.636. The molecule has 2 unspecified atom stereocenters.